The lowest BCUT2D eigenvalue weighted by Gasteiger charge is -2.27. The number of hydrogen-bond acceptors (Lipinski definition) is 6. The number of para-hydroxylation sites is 1. The maximum Gasteiger partial charge on any atom is 0.344 e. The van der Waals surface area contributed by atoms with E-state index in [-0.39, 0.29) is 0 Å². The van der Waals surface area contributed by atoms with Crippen molar-refractivity contribution in [1.29, 1.82) is 0 Å². The van der Waals surface area contributed by atoms with Crippen molar-refractivity contribution in [2.45, 2.75) is 5.92 Å². The summed E-state index contributed by atoms with van der Waals surface area (Å²) in [6.07, 6.45) is 1.57. The number of nitrogens with zero attached hydrogens (tertiary/aromatic N) is 4. The second-order valence-corrected chi connectivity index (χ2v) is 9.74. The van der Waals surface area contributed by atoms with Crippen LogP contribution in [0.5, 0.6) is 11.6 Å². The highest BCUT2D eigenvalue weighted by molar-refractivity contribution is 9.10. The summed E-state index contributed by atoms with van der Waals surface area (Å²) in [6.45, 7) is 0. The minimum Gasteiger partial charge on any atom is -0.437 e. The van der Waals surface area contributed by atoms with Gasteiger partial charge < -0.3 is 9.15 Å². The Morgan fingerprint density at radius 2 is 1.81 bits per heavy atom. The standard InChI is InChI=1S/C27H14BrClN4O3/c28-16-10-8-14(9-11-16)24-31-25-22-20(15-4-3-5-17(29)12-15)21-23(36-26(22)30-13-33(25)32-24)18-6-1-2-7-19(18)35-27(21)34/h1-13,20H. The van der Waals surface area contributed by atoms with E-state index >= 15 is 0 Å². The quantitative estimate of drug-likeness (QED) is 0.223. The SMILES string of the molecule is O=c1oc2ccccc2c2c1C(c1cccc(Cl)c1)c1c(ncn3nc(-c4ccc(Br)cc4)nc13)O2. The highest BCUT2D eigenvalue weighted by Gasteiger charge is 2.37. The molecule has 0 radical (unpaired) electrons. The van der Waals surface area contributed by atoms with Crippen LogP contribution in [0.2, 0.25) is 5.02 Å². The Hall–Kier alpha value is -4.01. The summed E-state index contributed by atoms with van der Waals surface area (Å²) in [5.41, 5.74) is 3.10. The average molecular weight is 558 g/mol. The van der Waals surface area contributed by atoms with Crippen LogP contribution in [0.1, 0.15) is 22.6 Å². The van der Waals surface area contributed by atoms with Crippen molar-refractivity contribution >= 4 is 44.1 Å². The fraction of sp³-hybridized carbons (Fsp3) is 0.0370. The van der Waals surface area contributed by atoms with Gasteiger partial charge in [0.25, 0.3) is 0 Å². The Labute approximate surface area is 217 Å². The highest BCUT2D eigenvalue weighted by atomic mass is 79.9. The molecule has 0 saturated heterocycles. The minimum atomic E-state index is -0.582. The molecule has 0 spiro atoms. The number of hydrogen-bond donors (Lipinski definition) is 0. The number of rotatable bonds is 2. The van der Waals surface area contributed by atoms with Crippen molar-refractivity contribution in [2.24, 2.45) is 0 Å². The first-order valence-corrected chi connectivity index (χ1v) is 12.2. The van der Waals surface area contributed by atoms with Crippen molar-refractivity contribution in [3.63, 3.8) is 0 Å². The van der Waals surface area contributed by atoms with Gasteiger partial charge >= 0.3 is 5.63 Å². The van der Waals surface area contributed by atoms with E-state index in [1.807, 2.05) is 60.7 Å². The Kier molecular flexibility index (Phi) is 4.74. The molecule has 6 aromatic rings. The maximum absolute atomic E-state index is 13.4. The van der Waals surface area contributed by atoms with E-state index in [1.54, 1.807) is 23.0 Å². The highest BCUT2D eigenvalue weighted by Crippen LogP contribution is 2.49. The number of aromatic nitrogens is 4. The van der Waals surface area contributed by atoms with Crippen molar-refractivity contribution in [3.05, 3.63) is 116 Å². The summed E-state index contributed by atoms with van der Waals surface area (Å²) in [4.78, 5) is 22.8. The summed E-state index contributed by atoms with van der Waals surface area (Å²) >= 11 is 9.84. The topological polar surface area (TPSA) is 82.5 Å². The van der Waals surface area contributed by atoms with E-state index in [9.17, 15) is 4.79 Å². The third-order valence-corrected chi connectivity index (χ3v) is 7.01. The van der Waals surface area contributed by atoms with Crippen LogP contribution in [-0.2, 0) is 0 Å². The molecule has 3 aromatic heterocycles. The van der Waals surface area contributed by atoms with Crippen LogP contribution in [0, 0.1) is 0 Å². The van der Waals surface area contributed by atoms with E-state index in [1.165, 1.54) is 0 Å². The Balaban J connectivity index is 1.55. The van der Waals surface area contributed by atoms with Crippen LogP contribution < -0.4 is 10.4 Å². The molecule has 1 aliphatic rings. The fourth-order valence-corrected chi connectivity index (χ4v) is 5.13. The first-order valence-electron chi connectivity index (χ1n) is 11.1. The molecule has 0 N–H and O–H groups in total. The molecule has 174 valence electrons. The third-order valence-electron chi connectivity index (χ3n) is 6.25. The van der Waals surface area contributed by atoms with Crippen LogP contribution >= 0.6 is 27.5 Å². The molecule has 0 fully saturated rings. The Morgan fingerprint density at radius 1 is 0.972 bits per heavy atom. The van der Waals surface area contributed by atoms with Crippen LogP contribution in [0.3, 0.4) is 0 Å². The zero-order valence-electron chi connectivity index (χ0n) is 18.4. The summed E-state index contributed by atoms with van der Waals surface area (Å²) in [5, 5.41) is 5.87. The zero-order chi connectivity index (χ0) is 24.4. The molecule has 9 heteroatoms. The predicted octanol–water partition coefficient (Wildman–Crippen LogP) is 6.60. The molecule has 1 aliphatic heterocycles. The molecule has 1 atom stereocenters. The van der Waals surface area contributed by atoms with Crippen LogP contribution in [-0.4, -0.2) is 19.6 Å². The summed E-state index contributed by atoms with van der Waals surface area (Å²) < 4.78 is 14.6. The zero-order valence-corrected chi connectivity index (χ0v) is 20.7. The largest absolute Gasteiger partial charge is 0.437 e. The molecule has 7 rings (SSSR count). The van der Waals surface area contributed by atoms with Gasteiger partial charge in [-0.25, -0.2) is 19.3 Å². The van der Waals surface area contributed by atoms with Crippen LogP contribution in [0.15, 0.2) is 92.8 Å². The van der Waals surface area contributed by atoms with E-state index in [2.05, 4.69) is 26.0 Å². The van der Waals surface area contributed by atoms with Crippen LogP contribution in [0.4, 0.5) is 0 Å². The molecular formula is C27H14BrClN4O3. The lowest BCUT2D eigenvalue weighted by molar-refractivity contribution is 0.422. The van der Waals surface area contributed by atoms with Gasteiger partial charge in [-0.1, -0.05) is 63.9 Å². The Bertz CT molecular complexity index is 1880. The first kappa shape index (κ1) is 21.3. The molecule has 3 aromatic carbocycles. The van der Waals surface area contributed by atoms with Gasteiger partial charge in [0.1, 0.15) is 11.9 Å². The van der Waals surface area contributed by atoms with E-state index in [0.717, 1.165) is 15.6 Å². The van der Waals surface area contributed by atoms with Crippen molar-refractivity contribution in [3.8, 4) is 23.0 Å². The molecule has 0 bridgehead atoms. The monoisotopic (exact) mass is 556 g/mol. The van der Waals surface area contributed by atoms with Gasteiger partial charge in [-0.05, 0) is 42.0 Å². The third kappa shape index (κ3) is 3.26. The van der Waals surface area contributed by atoms with Gasteiger partial charge in [0.2, 0.25) is 5.88 Å². The molecular weight excluding hydrogens is 544 g/mol. The van der Waals surface area contributed by atoms with Gasteiger partial charge in [-0.15, -0.1) is 5.10 Å². The number of ether oxygens (including phenoxy) is 1. The lowest BCUT2D eigenvalue weighted by Crippen LogP contribution is -2.22. The normalized spacial score (nSPS) is 14.4. The summed E-state index contributed by atoms with van der Waals surface area (Å²) in [7, 11) is 0. The van der Waals surface area contributed by atoms with Gasteiger partial charge in [0, 0.05) is 15.1 Å². The number of fused-ring (bicyclic) bond motifs is 6. The van der Waals surface area contributed by atoms with Gasteiger partial charge in [0.05, 0.1) is 22.4 Å². The second kappa shape index (κ2) is 8.01. The molecule has 7 nitrogen and oxygen atoms in total. The smallest absolute Gasteiger partial charge is 0.344 e. The lowest BCUT2D eigenvalue weighted by atomic mass is 9.84. The van der Waals surface area contributed by atoms with Gasteiger partial charge in [-0.2, -0.15) is 0 Å². The van der Waals surface area contributed by atoms with Gasteiger partial charge in [0.15, 0.2) is 17.2 Å². The molecule has 36 heavy (non-hydrogen) atoms. The first-order chi connectivity index (χ1) is 17.6. The Morgan fingerprint density at radius 3 is 2.64 bits per heavy atom. The van der Waals surface area contributed by atoms with Crippen molar-refractivity contribution < 1.29 is 9.15 Å². The number of benzene rings is 3. The molecule has 4 heterocycles. The van der Waals surface area contributed by atoms with E-state index < -0.39 is 11.5 Å². The molecule has 0 amide bonds. The average Bonchev–Trinajstić information content (AvgIpc) is 3.33. The molecule has 0 saturated carbocycles. The van der Waals surface area contributed by atoms with Gasteiger partial charge in [-0.3, -0.25) is 0 Å². The number of halogens is 2. The fourth-order valence-electron chi connectivity index (χ4n) is 4.67. The second-order valence-electron chi connectivity index (χ2n) is 8.39. The van der Waals surface area contributed by atoms with Crippen LogP contribution in [0.25, 0.3) is 28.0 Å². The minimum absolute atomic E-state index is 0.352. The van der Waals surface area contributed by atoms with E-state index in [0.29, 0.717) is 50.2 Å². The summed E-state index contributed by atoms with van der Waals surface area (Å²) in [6, 6.07) is 22.4. The predicted molar refractivity (Wildman–Crippen MR) is 139 cm³/mol. The van der Waals surface area contributed by atoms with Crippen molar-refractivity contribution in [1.82, 2.24) is 19.6 Å². The van der Waals surface area contributed by atoms with E-state index in [4.69, 9.17) is 25.7 Å². The molecule has 0 aliphatic carbocycles. The molecule has 1 unspecified atom stereocenters. The maximum atomic E-state index is 13.4. The van der Waals surface area contributed by atoms with Crippen molar-refractivity contribution in [2.75, 3.05) is 0 Å². The summed E-state index contributed by atoms with van der Waals surface area (Å²) in [5.74, 6) is 0.717.